The van der Waals surface area contributed by atoms with Crippen molar-refractivity contribution >= 4 is 16.7 Å². The second kappa shape index (κ2) is 5.14. The first kappa shape index (κ1) is 13.5. The number of halogens is 1. The van der Waals surface area contributed by atoms with Crippen LogP contribution in [0.15, 0.2) is 42.5 Å². The zero-order chi connectivity index (χ0) is 15.0. The van der Waals surface area contributed by atoms with Crippen LogP contribution in [0.25, 0.3) is 22.0 Å². The maximum absolute atomic E-state index is 13.1. The Labute approximate surface area is 122 Å². The largest absolute Gasteiger partial charge is 0.308 e. The van der Waals surface area contributed by atoms with Crippen LogP contribution in [-0.4, -0.2) is 4.98 Å². The summed E-state index contributed by atoms with van der Waals surface area (Å²) in [7, 11) is 0. The first-order valence-corrected chi connectivity index (χ1v) is 6.73. The van der Waals surface area contributed by atoms with E-state index in [0.717, 1.165) is 33.2 Å². The van der Waals surface area contributed by atoms with Gasteiger partial charge in [0, 0.05) is 10.9 Å². The van der Waals surface area contributed by atoms with Gasteiger partial charge in [0.15, 0.2) is 0 Å². The van der Waals surface area contributed by atoms with E-state index in [1.54, 1.807) is 12.1 Å². The van der Waals surface area contributed by atoms with E-state index >= 15 is 0 Å². The third-order valence-electron chi connectivity index (χ3n) is 3.70. The molecule has 4 heteroatoms. The number of hydrazine groups is 1. The fourth-order valence-electron chi connectivity index (χ4n) is 2.49. The van der Waals surface area contributed by atoms with E-state index in [0.29, 0.717) is 5.82 Å². The molecule has 0 radical (unpaired) electrons. The number of hydrogen-bond donors (Lipinski definition) is 2. The fraction of sp³-hybridized carbons (Fsp3) is 0.118. The number of pyridine rings is 1. The number of nitrogens with two attached hydrogens (primary N) is 1. The number of aromatic nitrogens is 1. The summed E-state index contributed by atoms with van der Waals surface area (Å²) in [4.78, 5) is 4.62. The van der Waals surface area contributed by atoms with E-state index in [-0.39, 0.29) is 5.82 Å². The van der Waals surface area contributed by atoms with Gasteiger partial charge >= 0.3 is 0 Å². The number of benzene rings is 2. The van der Waals surface area contributed by atoms with Gasteiger partial charge in [0.2, 0.25) is 0 Å². The van der Waals surface area contributed by atoms with Gasteiger partial charge in [-0.1, -0.05) is 24.3 Å². The van der Waals surface area contributed by atoms with Crippen molar-refractivity contribution in [1.82, 2.24) is 4.98 Å². The Morgan fingerprint density at radius 1 is 1.00 bits per heavy atom. The van der Waals surface area contributed by atoms with Gasteiger partial charge in [-0.15, -0.1) is 0 Å². The molecule has 0 saturated carbocycles. The van der Waals surface area contributed by atoms with Crippen molar-refractivity contribution in [3.8, 4) is 11.1 Å². The monoisotopic (exact) mass is 281 g/mol. The summed E-state index contributed by atoms with van der Waals surface area (Å²) in [5.41, 5.74) is 7.55. The van der Waals surface area contributed by atoms with Crippen molar-refractivity contribution in [2.45, 2.75) is 13.8 Å². The number of nitrogens with one attached hydrogen (secondary N) is 1. The Morgan fingerprint density at radius 3 is 2.33 bits per heavy atom. The number of fused-ring (bicyclic) bond motifs is 1. The minimum absolute atomic E-state index is 0.262. The molecule has 0 spiro atoms. The van der Waals surface area contributed by atoms with Crippen LogP contribution in [0.3, 0.4) is 0 Å². The Bertz CT molecular complexity index is 810. The predicted octanol–water partition coefficient (Wildman–Crippen LogP) is 3.94. The van der Waals surface area contributed by atoms with E-state index in [2.05, 4.69) is 16.5 Å². The lowest BCUT2D eigenvalue weighted by atomic mass is 10.00. The van der Waals surface area contributed by atoms with Crippen LogP contribution in [0.2, 0.25) is 0 Å². The van der Waals surface area contributed by atoms with Crippen LogP contribution >= 0.6 is 0 Å². The Morgan fingerprint density at radius 2 is 1.67 bits per heavy atom. The highest BCUT2D eigenvalue weighted by Crippen LogP contribution is 2.32. The molecule has 0 atom stereocenters. The van der Waals surface area contributed by atoms with Crippen molar-refractivity contribution in [3.63, 3.8) is 0 Å². The molecule has 0 fully saturated rings. The molecule has 3 aromatic rings. The summed E-state index contributed by atoms with van der Waals surface area (Å²) in [6, 6.07) is 12.5. The molecule has 106 valence electrons. The van der Waals surface area contributed by atoms with Gasteiger partial charge in [-0.2, -0.15) is 0 Å². The fourth-order valence-corrected chi connectivity index (χ4v) is 2.49. The van der Waals surface area contributed by atoms with Crippen LogP contribution in [0.5, 0.6) is 0 Å². The van der Waals surface area contributed by atoms with Gasteiger partial charge in [0.05, 0.1) is 5.52 Å². The highest BCUT2D eigenvalue weighted by atomic mass is 19.1. The summed E-state index contributed by atoms with van der Waals surface area (Å²) in [6.45, 7) is 4.07. The molecule has 2 aromatic carbocycles. The average molecular weight is 281 g/mol. The van der Waals surface area contributed by atoms with Crippen molar-refractivity contribution in [2.75, 3.05) is 5.43 Å². The van der Waals surface area contributed by atoms with E-state index in [1.807, 2.05) is 26.0 Å². The van der Waals surface area contributed by atoms with Gasteiger partial charge in [-0.05, 0) is 48.7 Å². The molecule has 3 nitrogen and oxygen atoms in total. The number of anilines is 1. The molecule has 3 N–H and O–H groups in total. The van der Waals surface area contributed by atoms with Gasteiger partial charge in [0.1, 0.15) is 11.6 Å². The summed E-state index contributed by atoms with van der Waals surface area (Å²) in [5.74, 6) is 5.93. The number of aryl methyl sites for hydroxylation is 2. The van der Waals surface area contributed by atoms with Crippen LogP contribution in [0.1, 0.15) is 11.1 Å². The molecule has 0 unspecified atom stereocenters. The molecule has 0 aliphatic heterocycles. The van der Waals surface area contributed by atoms with Gasteiger partial charge in [0.25, 0.3) is 0 Å². The Hall–Kier alpha value is -2.46. The maximum atomic E-state index is 13.1. The SMILES string of the molecule is Cc1ccc(C)c2nc(NN)c(-c3ccc(F)cc3)cc12. The number of hydrogen-bond acceptors (Lipinski definition) is 3. The van der Waals surface area contributed by atoms with Crippen LogP contribution < -0.4 is 11.3 Å². The van der Waals surface area contributed by atoms with Gasteiger partial charge in [-0.25, -0.2) is 15.2 Å². The molecular weight excluding hydrogens is 265 g/mol. The molecule has 21 heavy (non-hydrogen) atoms. The molecule has 0 bridgehead atoms. The summed E-state index contributed by atoms with van der Waals surface area (Å²) < 4.78 is 13.1. The van der Waals surface area contributed by atoms with Crippen molar-refractivity contribution in [3.05, 3.63) is 59.4 Å². The lowest BCUT2D eigenvalue weighted by Crippen LogP contribution is -2.10. The van der Waals surface area contributed by atoms with E-state index in [9.17, 15) is 4.39 Å². The van der Waals surface area contributed by atoms with Crippen molar-refractivity contribution in [1.29, 1.82) is 0 Å². The number of nitrogen functional groups attached to an aromatic ring is 1. The second-order valence-corrected chi connectivity index (χ2v) is 5.13. The summed E-state index contributed by atoms with van der Waals surface area (Å²) in [6.07, 6.45) is 0. The van der Waals surface area contributed by atoms with Crippen molar-refractivity contribution in [2.24, 2.45) is 5.84 Å². The van der Waals surface area contributed by atoms with Gasteiger partial charge in [-0.3, -0.25) is 0 Å². The summed E-state index contributed by atoms with van der Waals surface area (Å²) in [5, 5.41) is 1.08. The Kier molecular flexibility index (Phi) is 3.31. The molecule has 0 amide bonds. The first-order chi connectivity index (χ1) is 10.1. The minimum Gasteiger partial charge on any atom is -0.308 e. The number of nitrogens with zero attached hydrogens (tertiary/aromatic N) is 1. The van der Waals surface area contributed by atoms with Crippen molar-refractivity contribution < 1.29 is 4.39 Å². The highest BCUT2D eigenvalue weighted by Gasteiger charge is 2.11. The lowest BCUT2D eigenvalue weighted by molar-refractivity contribution is 0.628. The van der Waals surface area contributed by atoms with E-state index in [4.69, 9.17) is 5.84 Å². The molecule has 0 saturated heterocycles. The van der Waals surface area contributed by atoms with Gasteiger partial charge < -0.3 is 5.43 Å². The molecule has 0 aliphatic rings. The third-order valence-corrected chi connectivity index (χ3v) is 3.70. The number of rotatable bonds is 2. The summed E-state index contributed by atoms with van der Waals surface area (Å²) >= 11 is 0. The zero-order valence-electron chi connectivity index (χ0n) is 11.9. The Balaban J connectivity index is 2.31. The smallest absolute Gasteiger partial charge is 0.148 e. The normalized spacial score (nSPS) is 10.9. The van der Waals surface area contributed by atoms with E-state index in [1.165, 1.54) is 12.1 Å². The third kappa shape index (κ3) is 2.34. The molecule has 0 aliphatic carbocycles. The molecule has 1 aromatic heterocycles. The predicted molar refractivity (Wildman–Crippen MR) is 84.4 cm³/mol. The van der Waals surface area contributed by atoms with Crippen LogP contribution in [0, 0.1) is 19.7 Å². The average Bonchev–Trinajstić information content (AvgIpc) is 2.51. The molecule has 1 heterocycles. The maximum Gasteiger partial charge on any atom is 0.148 e. The standard InChI is InChI=1S/C17H16FN3/c1-10-3-4-11(2)16-14(10)9-15(17(20-16)21-19)12-5-7-13(18)8-6-12/h3-9H,19H2,1-2H3,(H,20,21). The zero-order valence-corrected chi connectivity index (χ0v) is 11.9. The van der Waals surface area contributed by atoms with Crippen LogP contribution in [0.4, 0.5) is 10.2 Å². The topological polar surface area (TPSA) is 50.9 Å². The molecular formula is C17H16FN3. The minimum atomic E-state index is -0.262. The lowest BCUT2D eigenvalue weighted by Gasteiger charge is -2.13. The molecule has 3 rings (SSSR count). The van der Waals surface area contributed by atoms with Crippen LogP contribution in [-0.2, 0) is 0 Å². The first-order valence-electron chi connectivity index (χ1n) is 6.73. The quantitative estimate of drug-likeness (QED) is 0.552. The van der Waals surface area contributed by atoms with E-state index < -0.39 is 0 Å². The highest BCUT2D eigenvalue weighted by molar-refractivity contribution is 5.92. The second-order valence-electron chi connectivity index (χ2n) is 5.13.